The molecule has 1 rings (SSSR count). The van der Waals surface area contributed by atoms with E-state index in [0.29, 0.717) is 23.7 Å². The number of amides is 2. The fraction of sp³-hybridized carbons (Fsp3) is 0.333. The molecule has 3 N–H and O–H groups in total. The van der Waals surface area contributed by atoms with Crippen molar-refractivity contribution in [2.24, 2.45) is 5.92 Å². The molecule has 5 nitrogen and oxygen atoms in total. The number of carbonyl (C=O) groups is 2. The van der Waals surface area contributed by atoms with Gasteiger partial charge in [0.1, 0.15) is 0 Å². The van der Waals surface area contributed by atoms with Gasteiger partial charge >= 0.3 is 12.0 Å². The van der Waals surface area contributed by atoms with Gasteiger partial charge in [0.25, 0.3) is 0 Å². The molecule has 108 valence electrons. The molecule has 0 heterocycles. The van der Waals surface area contributed by atoms with Crippen molar-refractivity contribution >= 4 is 23.8 Å². The van der Waals surface area contributed by atoms with Gasteiger partial charge in [0.05, 0.1) is 0 Å². The van der Waals surface area contributed by atoms with E-state index in [0.717, 1.165) is 12.5 Å². The van der Waals surface area contributed by atoms with Crippen molar-refractivity contribution in [2.75, 3.05) is 11.9 Å². The molecule has 0 radical (unpaired) electrons. The number of benzene rings is 1. The number of hydrogen-bond donors (Lipinski definition) is 3. The molecule has 1 aromatic rings. The van der Waals surface area contributed by atoms with Gasteiger partial charge in [-0.05, 0) is 36.1 Å². The van der Waals surface area contributed by atoms with E-state index < -0.39 is 5.97 Å². The second-order valence-electron chi connectivity index (χ2n) is 4.86. The van der Waals surface area contributed by atoms with Gasteiger partial charge < -0.3 is 15.7 Å². The van der Waals surface area contributed by atoms with E-state index in [9.17, 15) is 9.59 Å². The lowest BCUT2D eigenvalue weighted by Crippen LogP contribution is -2.30. The number of carboxylic acids is 1. The van der Waals surface area contributed by atoms with Crippen LogP contribution in [0.3, 0.4) is 0 Å². The first kappa shape index (κ1) is 15.8. The predicted molar refractivity (Wildman–Crippen MR) is 79.6 cm³/mol. The third-order valence-electron chi connectivity index (χ3n) is 2.57. The maximum atomic E-state index is 11.6. The van der Waals surface area contributed by atoms with Gasteiger partial charge in [-0.3, -0.25) is 0 Å². The molecule has 0 fully saturated rings. The minimum Gasteiger partial charge on any atom is -0.478 e. The second kappa shape index (κ2) is 7.99. The summed E-state index contributed by atoms with van der Waals surface area (Å²) in [5.74, 6) is -0.463. The molecule has 0 atom stereocenters. The Hall–Kier alpha value is -2.30. The van der Waals surface area contributed by atoms with Crippen molar-refractivity contribution in [1.82, 2.24) is 5.32 Å². The summed E-state index contributed by atoms with van der Waals surface area (Å²) in [7, 11) is 0. The first-order chi connectivity index (χ1) is 9.47. The molecule has 1 aromatic carbocycles. The summed E-state index contributed by atoms with van der Waals surface area (Å²) in [4.78, 5) is 22.1. The highest BCUT2D eigenvalue weighted by Crippen LogP contribution is 2.11. The Morgan fingerprint density at radius 2 is 2.10 bits per heavy atom. The summed E-state index contributed by atoms with van der Waals surface area (Å²) in [6, 6.07) is 6.72. The van der Waals surface area contributed by atoms with E-state index in [1.807, 2.05) is 0 Å². The summed E-state index contributed by atoms with van der Waals surface area (Å²) >= 11 is 0. The monoisotopic (exact) mass is 276 g/mol. The summed E-state index contributed by atoms with van der Waals surface area (Å²) in [6.45, 7) is 4.82. The Morgan fingerprint density at radius 3 is 2.75 bits per heavy atom. The van der Waals surface area contributed by atoms with Gasteiger partial charge in [0, 0.05) is 18.3 Å². The zero-order chi connectivity index (χ0) is 15.0. The van der Waals surface area contributed by atoms with Gasteiger partial charge in [-0.15, -0.1) is 0 Å². The first-order valence-corrected chi connectivity index (χ1v) is 6.53. The third kappa shape index (κ3) is 6.58. The number of hydrogen-bond acceptors (Lipinski definition) is 2. The molecule has 0 bridgehead atoms. The highest BCUT2D eigenvalue weighted by Gasteiger charge is 2.02. The Kier molecular flexibility index (Phi) is 6.29. The van der Waals surface area contributed by atoms with Crippen LogP contribution in [0.2, 0.25) is 0 Å². The number of urea groups is 1. The minimum absolute atomic E-state index is 0.259. The summed E-state index contributed by atoms with van der Waals surface area (Å²) in [5.41, 5.74) is 1.34. The smallest absolute Gasteiger partial charge is 0.328 e. The zero-order valence-electron chi connectivity index (χ0n) is 11.7. The molecule has 0 unspecified atom stereocenters. The van der Waals surface area contributed by atoms with Gasteiger partial charge in [0.2, 0.25) is 0 Å². The van der Waals surface area contributed by atoms with E-state index in [4.69, 9.17) is 5.11 Å². The van der Waals surface area contributed by atoms with Gasteiger partial charge in [0.15, 0.2) is 0 Å². The molecule has 2 amide bonds. The van der Waals surface area contributed by atoms with Crippen molar-refractivity contribution in [3.8, 4) is 0 Å². The minimum atomic E-state index is -1.00. The van der Waals surface area contributed by atoms with Crippen LogP contribution < -0.4 is 10.6 Å². The Morgan fingerprint density at radius 1 is 1.35 bits per heavy atom. The fourth-order valence-corrected chi connectivity index (χ4v) is 1.54. The number of anilines is 1. The molecule has 0 saturated heterocycles. The Bertz CT molecular complexity index is 496. The van der Waals surface area contributed by atoms with Crippen molar-refractivity contribution in [3.05, 3.63) is 35.9 Å². The summed E-state index contributed by atoms with van der Waals surface area (Å²) in [6.07, 6.45) is 3.46. The van der Waals surface area contributed by atoms with Crippen molar-refractivity contribution in [2.45, 2.75) is 20.3 Å². The van der Waals surface area contributed by atoms with Crippen molar-refractivity contribution in [1.29, 1.82) is 0 Å². The van der Waals surface area contributed by atoms with Crippen LogP contribution in [0, 0.1) is 5.92 Å². The molecular formula is C15H20N2O3. The van der Waals surface area contributed by atoms with Crippen LogP contribution in [0.25, 0.3) is 6.08 Å². The fourth-order valence-electron chi connectivity index (χ4n) is 1.54. The topological polar surface area (TPSA) is 78.4 Å². The first-order valence-electron chi connectivity index (χ1n) is 6.53. The lowest BCUT2D eigenvalue weighted by molar-refractivity contribution is -0.131. The van der Waals surface area contributed by atoms with E-state index >= 15 is 0 Å². The van der Waals surface area contributed by atoms with Gasteiger partial charge in [-0.25, -0.2) is 9.59 Å². The van der Waals surface area contributed by atoms with E-state index in [2.05, 4.69) is 24.5 Å². The van der Waals surface area contributed by atoms with Gasteiger partial charge in [-0.1, -0.05) is 26.0 Å². The standard InChI is InChI=1S/C15H20N2O3/c1-11(2)8-9-16-15(20)17-13-5-3-4-12(10-13)6-7-14(18)19/h3-7,10-11H,8-9H2,1-2H3,(H,18,19)(H2,16,17,20)/b7-6+. The summed E-state index contributed by atoms with van der Waals surface area (Å²) < 4.78 is 0. The highest BCUT2D eigenvalue weighted by atomic mass is 16.4. The number of rotatable bonds is 6. The maximum Gasteiger partial charge on any atom is 0.328 e. The average molecular weight is 276 g/mol. The molecule has 20 heavy (non-hydrogen) atoms. The quantitative estimate of drug-likeness (QED) is 0.699. The lowest BCUT2D eigenvalue weighted by atomic mass is 10.1. The Balaban J connectivity index is 2.53. The van der Waals surface area contributed by atoms with Crippen LogP contribution in [0.15, 0.2) is 30.3 Å². The molecular weight excluding hydrogens is 256 g/mol. The second-order valence-corrected chi connectivity index (χ2v) is 4.86. The normalized spacial score (nSPS) is 10.8. The van der Waals surface area contributed by atoms with E-state index in [1.165, 1.54) is 6.08 Å². The van der Waals surface area contributed by atoms with Crippen LogP contribution in [0.4, 0.5) is 10.5 Å². The molecule has 0 aliphatic carbocycles. The SMILES string of the molecule is CC(C)CCNC(=O)Nc1cccc(/C=C/C(=O)O)c1. The molecule has 0 aromatic heterocycles. The zero-order valence-corrected chi connectivity index (χ0v) is 11.7. The van der Waals surface area contributed by atoms with Gasteiger partial charge in [-0.2, -0.15) is 0 Å². The highest BCUT2D eigenvalue weighted by molar-refractivity contribution is 5.90. The molecule has 5 heteroatoms. The number of carbonyl (C=O) groups excluding carboxylic acids is 1. The maximum absolute atomic E-state index is 11.6. The van der Waals surface area contributed by atoms with Crippen LogP contribution >= 0.6 is 0 Å². The average Bonchev–Trinajstić information content (AvgIpc) is 2.36. The van der Waals surface area contributed by atoms with Crippen LogP contribution in [0.5, 0.6) is 0 Å². The third-order valence-corrected chi connectivity index (χ3v) is 2.57. The lowest BCUT2D eigenvalue weighted by Gasteiger charge is -2.09. The predicted octanol–water partition coefficient (Wildman–Crippen LogP) is 2.95. The van der Waals surface area contributed by atoms with Crippen LogP contribution in [0.1, 0.15) is 25.8 Å². The van der Waals surface area contributed by atoms with Crippen molar-refractivity contribution in [3.63, 3.8) is 0 Å². The molecule has 0 aliphatic rings. The molecule has 0 spiro atoms. The molecule has 0 saturated carbocycles. The number of carboxylic acid groups (broad SMARTS) is 1. The number of nitrogens with one attached hydrogen (secondary N) is 2. The van der Waals surface area contributed by atoms with Crippen LogP contribution in [-0.2, 0) is 4.79 Å². The van der Waals surface area contributed by atoms with Crippen molar-refractivity contribution < 1.29 is 14.7 Å². The molecule has 0 aliphatic heterocycles. The van der Waals surface area contributed by atoms with E-state index in [-0.39, 0.29) is 6.03 Å². The largest absolute Gasteiger partial charge is 0.478 e. The van der Waals surface area contributed by atoms with Crippen LogP contribution in [-0.4, -0.2) is 23.7 Å². The Labute approximate surface area is 118 Å². The number of aliphatic carboxylic acids is 1. The summed E-state index contributed by atoms with van der Waals surface area (Å²) in [5, 5.41) is 14.0. The van der Waals surface area contributed by atoms with E-state index in [1.54, 1.807) is 24.3 Å².